The van der Waals surface area contributed by atoms with Gasteiger partial charge in [0, 0.05) is 11.6 Å². The molecule has 1 heterocycles. The molecule has 1 heteroatoms. The van der Waals surface area contributed by atoms with Crippen LogP contribution in [-0.2, 0) is 0 Å². The second-order valence-corrected chi connectivity index (χ2v) is 7.30. The highest BCUT2D eigenvalue weighted by Gasteiger charge is 2.39. The highest BCUT2D eigenvalue weighted by molar-refractivity contribution is 5.65. The van der Waals surface area contributed by atoms with Gasteiger partial charge in [-0.3, -0.25) is 0 Å². The quantitative estimate of drug-likeness (QED) is 0.676. The number of benzene rings is 2. The zero-order chi connectivity index (χ0) is 16.0. The molecule has 1 aliphatic carbocycles. The van der Waals surface area contributed by atoms with E-state index in [-0.39, 0.29) is 0 Å². The lowest BCUT2D eigenvalue weighted by molar-refractivity contribution is 0.423. The Morgan fingerprint density at radius 3 is 2.57 bits per heavy atom. The van der Waals surface area contributed by atoms with Crippen molar-refractivity contribution in [2.45, 2.75) is 45.1 Å². The number of hydrogen-bond donors (Lipinski definition) is 1. The fraction of sp³-hybridized carbons (Fsp3) is 0.364. The minimum atomic E-state index is 0.406. The number of para-hydroxylation sites is 1. The smallest absolute Gasteiger partial charge is 0.0556 e. The normalized spacial score (nSPS) is 25.1. The van der Waals surface area contributed by atoms with Crippen LogP contribution in [0.3, 0.4) is 0 Å². The summed E-state index contributed by atoms with van der Waals surface area (Å²) in [7, 11) is 0. The summed E-state index contributed by atoms with van der Waals surface area (Å²) < 4.78 is 0. The van der Waals surface area contributed by atoms with Crippen molar-refractivity contribution >= 4 is 5.69 Å². The van der Waals surface area contributed by atoms with Gasteiger partial charge in [0.05, 0.1) is 6.04 Å². The van der Waals surface area contributed by atoms with Crippen molar-refractivity contribution in [1.29, 1.82) is 0 Å². The van der Waals surface area contributed by atoms with Gasteiger partial charge in [0.15, 0.2) is 0 Å². The number of nitrogens with one attached hydrogen (secondary N) is 1. The predicted octanol–water partition coefficient (Wildman–Crippen LogP) is 5.94. The molecule has 2 aliphatic rings. The van der Waals surface area contributed by atoms with Crippen LogP contribution in [0.4, 0.5) is 5.69 Å². The van der Waals surface area contributed by atoms with Gasteiger partial charge < -0.3 is 5.32 Å². The van der Waals surface area contributed by atoms with Gasteiger partial charge in [-0.25, -0.2) is 0 Å². The fourth-order valence-corrected chi connectivity index (χ4v) is 4.37. The largest absolute Gasteiger partial charge is 0.377 e. The molecule has 0 saturated heterocycles. The first-order chi connectivity index (χ1) is 11.2. The Bertz CT molecular complexity index is 756. The SMILES string of the molecule is Cc1ccccc1C1Nc2c(C(C)C)cccc2C2C=CCC21. The summed E-state index contributed by atoms with van der Waals surface area (Å²) in [6.45, 7) is 6.81. The average Bonchev–Trinajstić information content (AvgIpc) is 3.04. The van der Waals surface area contributed by atoms with Crippen molar-refractivity contribution < 1.29 is 0 Å². The molecule has 1 nitrogen and oxygen atoms in total. The summed E-state index contributed by atoms with van der Waals surface area (Å²) in [4.78, 5) is 0. The number of anilines is 1. The van der Waals surface area contributed by atoms with Crippen LogP contribution in [0.15, 0.2) is 54.6 Å². The van der Waals surface area contributed by atoms with Gasteiger partial charge >= 0.3 is 0 Å². The van der Waals surface area contributed by atoms with Gasteiger partial charge in [-0.05, 0) is 47.4 Å². The van der Waals surface area contributed by atoms with Gasteiger partial charge in [0.2, 0.25) is 0 Å². The first-order valence-corrected chi connectivity index (χ1v) is 8.78. The van der Waals surface area contributed by atoms with Gasteiger partial charge in [0.25, 0.3) is 0 Å². The van der Waals surface area contributed by atoms with Crippen LogP contribution >= 0.6 is 0 Å². The monoisotopic (exact) mass is 303 g/mol. The van der Waals surface area contributed by atoms with Crippen LogP contribution < -0.4 is 5.32 Å². The van der Waals surface area contributed by atoms with E-state index in [9.17, 15) is 0 Å². The third-order valence-corrected chi connectivity index (χ3v) is 5.57. The minimum Gasteiger partial charge on any atom is -0.377 e. The molecule has 1 aliphatic heterocycles. The van der Waals surface area contributed by atoms with Gasteiger partial charge in [-0.15, -0.1) is 0 Å². The molecule has 0 amide bonds. The molecule has 0 bridgehead atoms. The zero-order valence-corrected chi connectivity index (χ0v) is 14.2. The maximum absolute atomic E-state index is 3.94. The molecular weight excluding hydrogens is 278 g/mol. The Hall–Kier alpha value is -2.02. The predicted molar refractivity (Wildman–Crippen MR) is 98.1 cm³/mol. The van der Waals surface area contributed by atoms with Crippen LogP contribution in [0.1, 0.15) is 60.4 Å². The van der Waals surface area contributed by atoms with Crippen LogP contribution in [0, 0.1) is 12.8 Å². The van der Waals surface area contributed by atoms with E-state index >= 15 is 0 Å². The molecule has 2 aromatic rings. The number of aryl methyl sites for hydroxylation is 1. The van der Waals surface area contributed by atoms with E-state index in [1.807, 2.05) is 0 Å². The summed E-state index contributed by atoms with van der Waals surface area (Å²) in [5.74, 6) is 1.72. The highest BCUT2D eigenvalue weighted by atomic mass is 15.0. The first-order valence-electron chi connectivity index (χ1n) is 8.78. The molecule has 0 spiro atoms. The Morgan fingerprint density at radius 2 is 1.78 bits per heavy atom. The Morgan fingerprint density at radius 1 is 1.00 bits per heavy atom. The van der Waals surface area contributed by atoms with Crippen LogP contribution in [0.5, 0.6) is 0 Å². The van der Waals surface area contributed by atoms with E-state index < -0.39 is 0 Å². The van der Waals surface area contributed by atoms with E-state index in [1.165, 1.54) is 34.4 Å². The molecule has 3 unspecified atom stereocenters. The number of rotatable bonds is 2. The van der Waals surface area contributed by atoms with Crippen LogP contribution in [0.25, 0.3) is 0 Å². The summed E-state index contributed by atoms with van der Waals surface area (Å²) in [6.07, 6.45) is 5.97. The number of fused-ring (bicyclic) bond motifs is 3. The van der Waals surface area contributed by atoms with Crippen molar-refractivity contribution in [3.8, 4) is 0 Å². The summed E-state index contributed by atoms with van der Waals surface area (Å²) in [5.41, 5.74) is 7.15. The maximum atomic E-state index is 3.94. The Balaban J connectivity index is 1.86. The molecule has 118 valence electrons. The second-order valence-electron chi connectivity index (χ2n) is 7.30. The zero-order valence-electron chi connectivity index (χ0n) is 14.2. The molecule has 0 aromatic heterocycles. The van der Waals surface area contributed by atoms with Gasteiger partial charge in [0.1, 0.15) is 0 Å². The lowest BCUT2D eigenvalue weighted by Crippen LogP contribution is -2.30. The van der Waals surface area contributed by atoms with Gasteiger partial charge in [-0.2, -0.15) is 0 Å². The topological polar surface area (TPSA) is 12.0 Å². The van der Waals surface area contributed by atoms with Crippen molar-refractivity contribution in [1.82, 2.24) is 0 Å². The fourth-order valence-electron chi connectivity index (χ4n) is 4.37. The lowest BCUT2D eigenvalue weighted by atomic mass is 9.75. The molecule has 2 aromatic carbocycles. The molecule has 23 heavy (non-hydrogen) atoms. The van der Waals surface area contributed by atoms with E-state index in [0.717, 1.165) is 0 Å². The van der Waals surface area contributed by atoms with Crippen molar-refractivity contribution in [3.63, 3.8) is 0 Å². The average molecular weight is 303 g/mol. The third kappa shape index (κ3) is 2.30. The van der Waals surface area contributed by atoms with Crippen molar-refractivity contribution in [3.05, 3.63) is 76.9 Å². The third-order valence-electron chi connectivity index (χ3n) is 5.57. The minimum absolute atomic E-state index is 0.406. The van der Waals surface area contributed by atoms with E-state index in [1.54, 1.807) is 0 Å². The van der Waals surface area contributed by atoms with Gasteiger partial charge in [-0.1, -0.05) is 68.5 Å². The van der Waals surface area contributed by atoms with Crippen molar-refractivity contribution in [2.75, 3.05) is 5.32 Å². The second kappa shape index (κ2) is 5.56. The summed E-state index contributed by atoms with van der Waals surface area (Å²) in [6, 6.07) is 16.1. The molecule has 1 N–H and O–H groups in total. The molecule has 4 rings (SSSR count). The van der Waals surface area contributed by atoms with E-state index in [2.05, 4.69) is 80.7 Å². The lowest BCUT2D eigenvalue weighted by Gasteiger charge is -2.39. The first kappa shape index (κ1) is 14.6. The van der Waals surface area contributed by atoms with Crippen molar-refractivity contribution in [2.24, 2.45) is 5.92 Å². The van der Waals surface area contributed by atoms with E-state index in [4.69, 9.17) is 0 Å². The van der Waals surface area contributed by atoms with E-state index in [0.29, 0.717) is 23.8 Å². The Labute approximate surface area is 139 Å². The molecule has 0 fully saturated rings. The maximum Gasteiger partial charge on any atom is 0.0556 e. The molecule has 0 saturated carbocycles. The standard InChI is InChI=1S/C22H25N/c1-14(2)16-10-6-12-19-18-11-7-13-20(18)22(23-21(16)19)17-9-5-4-8-15(17)3/h4-12,14,18,20,22-23H,13H2,1-3H3. The highest BCUT2D eigenvalue weighted by Crippen LogP contribution is 2.51. The summed E-state index contributed by atoms with van der Waals surface area (Å²) >= 11 is 0. The summed E-state index contributed by atoms with van der Waals surface area (Å²) in [5, 5.41) is 3.94. The number of allylic oxidation sites excluding steroid dienone is 2. The molecule has 0 radical (unpaired) electrons. The number of hydrogen-bond acceptors (Lipinski definition) is 1. The van der Waals surface area contributed by atoms with Crippen LogP contribution in [0.2, 0.25) is 0 Å². The Kier molecular flexibility index (Phi) is 3.52. The molecular formula is C22H25N. The van der Waals surface area contributed by atoms with Crippen LogP contribution in [-0.4, -0.2) is 0 Å². The molecule has 3 atom stereocenters.